The molecular formula is C9H15BrN4. The molecule has 14 heavy (non-hydrogen) atoms. The van der Waals surface area contributed by atoms with Crippen LogP contribution in [-0.2, 0) is 0 Å². The fraction of sp³-hybridized carbons (Fsp3) is 0.556. The van der Waals surface area contributed by atoms with Crippen LogP contribution in [0.2, 0.25) is 0 Å². The molecule has 0 fully saturated rings. The summed E-state index contributed by atoms with van der Waals surface area (Å²) < 4.78 is 0.857. The average molecular weight is 259 g/mol. The van der Waals surface area contributed by atoms with E-state index >= 15 is 0 Å². The third kappa shape index (κ3) is 2.92. The summed E-state index contributed by atoms with van der Waals surface area (Å²) in [7, 11) is 0. The predicted octanol–water partition coefficient (Wildman–Crippen LogP) is 1.70. The zero-order valence-electron chi connectivity index (χ0n) is 8.58. The molecule has 0 amide bonds. The topological polar surface area (TPSA) is 63.8 Å². The Balaban J connectivity index is 2.80. The third-order valence-electron chi connectivity index (χ3n) is 2.02. The van der Waals surface area contributed by atoms with Crippen LogP contribution < -0.4 is 11.1 Å². The summed E-state index contributed by atoms with van der Waals surface area (Å²) >= 11 is 3.38. The monoisotopic (exact) mass is 258 g/mol. The van der Waals surface area contributed by atoms with E-state index in [2.05, 4.69) is 31.2 Å². The van der Waals surface area contributed by atoms with E-state index in [1.807, 2.05) is 20.8 Å². The van der Waals surface area contributed by atoms with Gasteiger partial charge in [0.25, 0.3) is 0 Å². The van der Waals surface area contributed by atoms with Crippen LogP contribution in [0, 0.1) is 6.92 Å². The summed E-state index contributed by atoms with van der Waals surface area (Å²) in [4.78, 5) is 8.33. The van der Waals surface area contributed by atoms with Crippen molar-refractivity contribution in [2.24, 2.45) is 5.73 Å². The molecule has 0 saturated heterocycles. The molecule has 3 N–H and O–H groups in total. The van der Waals surface area contributed by atoms with Crippen molar-refractivity contribution in [1.29, 1.82) is 0 Å². The number of nitrogens with one attached hydrogen (secondary N) is 1. The van der Waals surface area contributed by atoms with Gasteiger partial charge in [0.2, 0.25) is 0 Å². The molecule has 2 atom stereocenters. The summed E-state index contributed by atoms with van der Waals surface area (Å²) in [6.07, 6.45) is 1.73. The molecule has 5 heteroatoms. The molecule has 0 aromatic carbocycles. The number of hydrogen-bond acceptors (Lipinski definition) is 4. The Morgan fingerprint density at radius 2 is 2.14 bits per heavy atom. The first-order valence-electron chi connectivity index (χ1n) is 4.52. The Morgan fingerprint density at radius 1 is 1.50 bits per heavy atom. The summed E-state index contributed by atoms with van der Waals surface area (Å²) in [5, 5.41) is 3.23. The number of aromatic nitrogens is 2. The van der Waals surface area contributed by atoms with E-state index in [9.17, 15) is 0 Å². The number of hydrogen-bond donors (Lipinski definition) is 2. The van der Waals surface area contributed by atoms with E-state index in [4.69, 9.17) is 5.73 Å². The highest BCUT2D eigenvalue weighted by Crippen LogP contribution is 2.19. The quantitative estimate of drug-likeness (QED) is 0.867. The highest BCUT2D eigenvalue weighted by molar-refractivity contribution is 9.10. The molecule has 0 radical (unpaired) electrons. The Kier molecular flexibility index (Phi) is 3.83. The molecule has 1 rings (SSSR count). The molecular weight excluding hydrogens is 244 g/mol. The maximum absolute atomic E-state index is 5.75. The number of nitrogens with two attached hydrogens (primary N) is 1. The van der Waals surface area contributed by atoms with Gasteiger partial charge in [-0.15, -0.1) is 0 Å². The number of rotatable bonds is 3. The molecule has 0 bridgehead atoms. The SMILES string of the molecule is Cc1ncc(Br)c(NC(C)C(C)N)n1. The lowest BCUT2D eigenvalue weighted by Crippen LogP contribution is -2.35. The molecule has 0 aliphatic rings. The normalized spacial score (nSPS) is 14.9. The molecule has 1 aromatic rings. The van der Waals surface area contributed by atoms with Crippen molar-refractivity contribution in [3.8, 4) is 0 Å². The van der Waals surface area contributed by atoms with Crippen molar-refractivity contribution in [2.45, 2.75) is 32.9 Å². The van der Waals surface area contributed by atoms with Crippen LogP contribution in [-0.4, -0.2) is 22.1 Å². The van der Waals surface area contributed by atoms with Gasteiger partial charge in [-0.25, -0.2) is 9.97 Å². The van der Waals surface area contributed by atoms with Gasteiger partial charge in [0, 0.05) is 18.3 Å². The summed E-state index contributed by atoms with van der Waals surface area (Å²) in [5.74, 6) is 1.54. The molecule has 78 valence electrons. The van der Waals surface area contributed by atoms with Crippen LogP contribution in [0.15, 0.2) is 10.7 Å². The first-order valence-corrected chi connectivity index (χ1v) is 5.31. The van der Waals surface area contributed by atoms with E-state index in [1.54, 1.807) is 6.20 Å². The van der Waals surface area contributed by atoms with Crippen LogP contribution in [0.1, 0.15) is 19.7 Å². The van der Waals surface area contributed by atoms with Crippen molar-refractivity contribution in [2.75, 3.05) is 5.32 Å². The molecule has 1 aromatic heterocycles. The van der Waals surface area contributed by atoms with Crippen molar-refractivity contribution in [1.82, 2.24) is 9.97 Å². The van der Waals surface area contributed by atoms with Gasteiger partial charge in [0.1, 0.15) is 11.6 Å². The molecule has 2 unspecified atom stereocenters. The predicted molar refractivity (Wildman–Crippen MR) is 61.2 cm³/mol. The smallest absolute Gasteiger partial charge is 0.144 e. The lowest BCUT2D eigenvalue weighted by atomic mass is 10.2. The highest BCUT2D eigenvalue weighted by atomic mass is 79.9. The zero-order valence-corrected chi connectivity index (χ0v) is 10.2. The first-order chi connectivity index (χ1) is 6.50. The number of nitrogens with zero attached hydrogens (tertiary/aromatic N) is 2. The van der Waals surface area contributed by atoms with Gasteiger partial charge in [-0.05, 0) is 36.7 Å². The number of anilines is 1. The number of aryl methyl sites for hydroxylation is 1. The Morgan fingerprint density at radius 3 is 2.71 bits per heavy atom. The summed E-state index contributed by atoms with van der Waals surface area (Å²) in [5.41, 5.74) is 5.75. The van der Waals surface area contributed by atoms with Crippen LogP contribution in [0.25, 0.3) is 0 Å². The van der Waals surface area contributed by atoms with Crippen LogP contribution >= 0.6 is 15.9 Å². The van der Waals surface area contributed by atoms with Gasteiger partial charge in [-0.3, -0.25) is 0 Å². The van der Waals surface area contributed by atoms with Crippen molar-refractivity contribution >= 4 is 21.7 Å². The number of halogens is 1. The van der Waals surface area contributed by atoms with E-state index < -0.39 is 0 Å². The molecule has 1 heterocycles. The van der Waals surface area contributed by atoms with Gasteiger partial charge >= 0.3 is 0 Å². The summed E-state index contributed by atoms with van der Waals surface area (Å²) in [6, 6.07) is 0.262. The maximum atomic E-state index is 5.75. The van der Waals surface area contributed by atoms with Gasteiger partial charge < -0.3 is 11.1 Å². The second kappa shape index (κ2) is 4.70. The average Bonchev–Trinajstić information content (AvgIpc) is 2.11. The van der Waals surface area contributed by atoms with E-state index in [0.29, 0.717) is 0 Å². The Labute approximate surface area is 92.5 Å². The molecule has 0 aliphatic heterocycles. The largest absolute Gasteiger partial charge is 0.365 e. The third-order valence-corrected chi connectivity index (χ3v) is 2.60. The van der Waals surface area contributed by atoms with Crippen molar-refractivity contribution in [3.63, 3.8) is 0 Å². The molecule has 0 spiro atoms. The zero-order chi connectivity index (χ0) is 10.7. The van der Waals surface area contributed by atoms with Gasteiger partial charge in [-0.1, -0.05) is 0 Å². The fourth-order valence-corrected chi connectivity index (χ4v) is 1.21. The molecule has 4 nitrogen and oxygen atoms in total. The lowest BCUT2D eigenvalue weighted by Gasteiger charge is -2.18. The van der Waals surface area contributed by atoms with Crippen molar-refractivity contribution in [3.05, 3.63) is 16.5 Å². The van der Waals surface area contributed by atoms with Crippen LogP contribution in [0.4, 0.5) is 5.82 Å². The van der Waals surface area contributed by atoms with Crippen molar-refractivity contribution < 1.29 is 0 Å². The van der Waals surface area contributed by atoms with E-state index in [1.165, 1.54) is 0 Å². The standard InChI is InChI=1S/C9H15BrN4/c1-5(11)6(2)13-9-8(10)4-12-7(3)14-9/h4-6H,11H2,1-3H3,(H,12,13,14). The minimum atomic E-state index is 0.0807. The van der Waals surface area contributed by atoms with Crippen LogP contribution in [0.5, 0.6) is 0 Å². The van der Waals surface area contributed by atoms with E-state index in [-0.39, 0.29) is 12.1 Å². The van der Waals surface area contributed by atoms with Gasteiger partial charge in [0.05, 0.1) is 4.47 Å². The minimum absolute atomic E-state index is 0.0807. The Hall–Kier alpha value is -0.680. The summed E-state index contributed by atoms with van der Waals surface area (Å²) in [6.45, 7) is 5.84. The van der Waals surface area contributed by atoms with Crippen LogP contribution in [0.3, 0.4) is 0 Å². The minimum Gasteiger partial charge on any atom is -0.365 e. The Bertz CT molecular complexity index is 314. The first kappa shape index (κ1) is 11.4. The fourth-order valence-electron chi connectivity index (χ4n) is 0.904. The van der Waals surface area contributed by atoms with Gasteiger partial charge in [-0.2, -0.15) is 0 Å². The molecule has 0 saturated carbocycles. The lowest BCUT2D eigenvalue weighted by molar-refractivity contribution is 0.635. The second-order valence-corrected chi connectivity index (χ2v) is 4.26. The second-order valence-electron chi connectivity index (χ2n) is 3.41. The molecule has 0 aliphatic carbocycles. The van der Waals surface area contributed by atoms with E-state index in [0.717, 1.165) is 16.1 Å². The van der Waals surface area contributed by atoms with Gasteiger partial charge in [0.15, 0.2) is 0 Å². The maximum Gasteiger partial charge on any atom is 0.144 e. The highest BCUT2D eigenvalue weighted by Gasteiger charge is 2.10.